The van der Waals surface area contributed by atoms with E-state index in [1.54, 1.807) is 0 Å². The largest absolute Gasteiger partial charge is 0.508 e. The summed E-state index contributed by atoms with van der Waals surface area (Å²) in [6, 6.07) is 0. The maximum Gasteiger partial charge on any atom is 0.508 e. The number of rotatable bonds is 8. The third kappa shape index (κ3) is 11.3. The summed E-state index contributed by atoms with van der Waals surface area (Å²) in [4.78, 5) is 25.7. The average Bonchev–Trinajstić information content (AvgIpc) is 2.38. The molecule has 0 radical (unpaired) electrons. The smallest absolute Gasteiger partial charge is 0.432 e. The summed E-state index contributed by atoms with van der Waals surface area (Å²) in [7, 11) is 0. The van der Waals surface area contributed by atoms with Gasteiger partial charge in [0.05, 0.1) is 6.10 Å². The van der Waals surface area contributed by atoms with Crippen molar-refractivity contribution in [2.24, 2.45) is 0 Å². The minimum absolute atomic E-state index is 0.174. The molecule has 0 rings (SSSR count). The van der Waals surface area contributed by atoms with Crippen molar-refractivity contribution >= 4 is 12.3 Å². The van der Waals surface area contributed by atoms with Gasteiger partial charge in [-0.2, -0.15) is 0 Å². The molecule has 0 spiro atoms. The molecular formula is C10H18O9. The van der Waals surface area contributed by atoms with Gasteiger partial charge >= 0.3 is 12.3 Å². The van der Waals surface area contributed by atoms with E-state index in [9.17, 15) is 9.59 Å². The zero-order chi connectivity index (χ0) is 14.7. The average molecular weight is 282 g/mol. The van der Waals surface area contributed by atoms with E-state index >= 15 is 0 Å². The molecule has 0 fully saturated rings. The fourth-order valence-electron chi connectivity index (χ4n) is 0.738. The molecule has 0 bridgehead atoms. The van der Waals surface area contributed by atoms with Gasteiger partial charge in [-0.25, -0.2) is 14.5 Å². The highest BCUT2D eigenvalue weighted by Crippen LogP contribution is 1.93. The van der Waals surface area contributed by atoms with Crippen molar-refractivity contribution < 1.29 is 43.8 Å². The van der Waals surface area contributed by atoms with E-state index in [0.29, 0.717) is 0 Å². The van der Waals surface area contributed by atoms with Gasteiger partial charge in [0.1, 0.15) is 32.5 Å². The molecule has 112 valence electrons. The molecule has 2 unspecified atom stereocenters. The Hall–Kier alpha value is -1.58. The van der Waals surface area contributed by atoms with Crippen LogP contribution in [0.5, 0.6) is 0 Å². The van der Waals surface area contributed by atoms with Crippen molar-refractivity contribution in [2.45, 2.75) is 26.1 Å². The van der Waals surface area contributed by atoms with Crippen LogP contribution >= 0.6 is 0 Å². The summed E-state index contributed by atoms with van der Waals surface area (Å²) in [5.41, 5.74) is 0. The van der Waals surface area contributed by atoms with Crippen LogP contribution in [-0.2, 0) is 23.8 Å². The molecule has 0 amide bonds. The maximum absolute atomic E-state index is 10.9. The van der Waals surface area contributed by atoms with E-state index in [4.69, 9.17) is 10.4 Å². The van der Waals surface area contributed by atoms with Gasteiger partial charge in [-0.3, -0.25) is 5.26 Å². The first kappa shape index (κ1) is 17.4. The SMILES string of the molecule is CC(O)COC(=O)OCCOC(=O)OCC(C)OO. The summed E-state index contributed by atoms with van der Waals surface area (Å²) in [6.07, 6.45) is -3.40. The van der Waals surface area contributed by atoms with E-state index in [1.807, 2.05) is 0 Å². The highest BCUT2D eigenvalue weighted by atomic mass is 17.1. The fourth-order valence-corrected chi connectivity index (χ4v) is 0.738. The molecule has 0 aliphatic carbocycles. The van der Waals surface area contributed by atoms with Crippen LogP contribution in [0.4, 0.5) is 9.59 Å². The first-order valence-electron chi connectivity index (χ1n) is 5.53. The predicted octanol–water partition coefficient (Wildman–Crippen LogP) is 0.552. The molecule has 0 heterocycles. The van der Waals surface area contributed by atoms with Gasteiger partial charge in [-0.1, -0.05) is 0 Å². The highest BCUT2D eigenvalue weighted by molar-refractivity contribution is 5.60. The van der Waals surface area contributed by atoms with E-state index in [0.717, 1.165) is 0 Å². The van der Waals surface area contributed by atoms with Crippen LogP contribution in [0.1, 0.15) is 13.8 Å². The second kappa shape index (κ2) is 10.4. The lowest BCUT2D eigenvalue weighted by Crippen LogP contribution is -2.21. The van der Waals surface area contributed by atoms with Crippen LogP contribution in [0, 0.1) is 0 Å². The molecule has 0 aliphatic rings. The Bertz CT molecular complexity index is 266. The van der Waals surface area contributed by atoms with Crippen LogP contribution < -0.4 is 0 Å². The predicted molar refractivity (Wildman–Crippen MR) is 59.5 cm³/mol. The number of carbonyl (C=O) groups is 2. The zero-order valence-corrected chi connectivity index (χ0v) is 10.7. The third-order valence-corrected chi connectivity index (χ3v) is 1.58. The number of aliphatic hydroxyl groups excluding tert-OH is 1. The fraction of sp³-hybridized carbons (Fsp3) is 0.800. The van der Waals surface area contributed by atoms with Crippen molar-refractivity contribution in [1.29, 1.82) is 0 Å². The van der Waals surface area contributed by atoms with Crippen LogP contribution in [0.2, 0.25) is 0 Å². The van der Waals surface area contributed by atoms with Gasteiger partial charge in [-0.15, -0.1) is 0 Å². The Labute approximate surface area is 109 Å². The van der Waals surface area contributed by atoms with Crippen LogP contribution in [0.15, 0.2) is 0 Å². The summed E-state index contributed by atoms with van der Waals surface area (Å²) in [5, 5.41) is 17.0. The number of hydrogen-bond acceptors (Lipinski definition) is 9. The Kier molecular flexibility index (Phi) is 9.49. The minimum atomic E-state index is -0.982. The van der Waals surface area contributed by atoms with E-state index in [-0.39, 0.29) is 26.4 Å². The Morgan fingerprint density at radius 3 is 1.84 bits per heavy atom. The van der Waals surface area contributed by atoms with Gasteiger partial charge in [0.25, 0.3) is 0 Å². The maximum atomic E-state index is 10.9. The Morgan fingerprint density at radius 2 is 1.42 bits per heavy atom. The van der Waals surface area contributed by atoms with Crippen molar-refractivity contribution in [1.82, 2.24) is 0 Å². The molecule has 19 heavy (non-hydrogen) atoms. The summed E-state index contributed by atoms with van der Waals surface area (Å²) in [5.74, 6) is 0. The first-order chi connectivity index (χ1) is 8.95. The highest BCUT2D eigenvalue weighted by Gasteiger charge is 2.10. The summed E-state index contributed by atoms with van der Waals surface area (Å²) in [6.45, 7) is 2.15. The third-order valence-electron chi connectivity index (χ3n) is 1.58. The molecule has 0 saturated heterocycles. The lowest BCUT2D eigenvalue weighted by molar-refractivity contribution is -0.280. The molecule has 0 saturated carbocycles. The lowest BCUT2D eigenvalue weighted by Gasteiger charge is -2.09. The lowest BCUT2D eigenvalue weighted by atomic mass is 10.4. The quantitative estimate of drug-likeness (QED) is 0.284. The van der Waals surface area contributed by atoms with Crippen molar-refractivity contribution in [3.8, 4) is 0 Å². The minimum Gasteiger partial charge on any atom is -0.432 e. The van der Waals surface area contributed by atoms with Crippen molar-refractivity contribution in [3.05, 3.63) is 0 Å². The number of ether oxygens (including phenoxy) is 4. The number of hydrogen-bond donors (Lipinski definition) is 2. The van der Waals surface area contributed by atoms with E-state index in [1.165, 1.54) is 13.8 Å². The topological polar surface area (TPSA) is 121 Å². The number of carbonyl (C=O) groups excluding carboxylic acids is 2. The van der Waals surface area contributed by atoms with Crippen LogP contribution in [-0.4, -0.2) is 61.3 Å². The Morgan fingerprint density at radius 1 is 0.947 bits per heavy atom. The molecule has 9 heteroatoms. The second-order valence-corrected chi connectivity index (χ2v) is 3.58. The molecule has 0 aromatic rings. The molecule has 0 aliphatic heterocycles. The van der Waals surface area contributed by atoms with E-state index in [2.05, 4.69) is 23.8 Å². The number of aliphatic hydroxyl groups is 1. The molecule has 2 atom stereocenters. The standard InChI is InChI=1S/C10H18O9/c1-7(11)5-17-9(12)15-3-4-16-10(13)18-6-8(2)19-14/h7-8,11,14H,3-6H2,1-2H3. The van der Waals surface area contributed by atoms with Gasteiger partial charge < -0.3 is 24.1 Å². The van der Waals surface area contributed by atoms with Crippen LogP contribution in [0.3, 0.4) is 0 Å². The second-order valence-electron chi connectivity index (χ2n) is 3.58. The summed E-state index contributed by atoms with van der Waals surface area (Å²) < 4.78 is 18.1. The van der Waals surface area contributed by atoms with Crippen LogP contribution in [0.25, 0.3) is 0 Å². The monoisotopic (exact) mass is 282 g/mol. The molecule has 0 aromatic heterocycles. The summed E-state index contributed by atoms with van der Waals surface area (Å²) >= 11 is 0. The van der Waals surface area contributed by atoms with E-state index < -0.39 is 24.5 Å². The first-order valence-corrected chi connectivity index (χ1v) is 5.53. The molecule has 9 nitrogen and oxygen atoms in total. The van der Waals surface area contributed by atoms with Gasteiger partial charge in [0.15, 0.2) is 0 Å². The van der Waals surface area contributed by atoms with Gasteiger partial charge in [-0.05, 0) is 13.8 Å². The zero-order valence-electron chi connectivity index (χ0n) is 10.7. The molecular weight excluding hydrogens is 264 g/mol. The van der Waals surface area contributed by atoms with Gasteiger partial charge in [0, 0.05) is 0 Å². The van der Waals surface area contributed by atoms with Crippen molar-refractivity contribution in [3.63, 3.8) is 0 Å². The molecule has 2 N–H and O–H groups in total. The Balaban J connectivity index is 3.47. The van der Waals surface area contributed by atoms with Crippen molar-refractivity contribution in [2.75, 3.05) is 26.4 Å². The normalized spacial score (nSPS) is 13.3. The van der Waals surface area contributed by atoms with Gasteiger partial charge in [0.2, 0.25) is 0 Å². The molecule has 0 aromatic carbocycles.